The topological polar surface area (TPSA) is 141 Å². The van der Waals surface area contributed by atoms with E-state index in [0.717, 1.165) is 3.94 Å². The van der Waals surface area contributed by atoms with Crippen molar-refractivity contribution in [1.82, 2.24) is 3.94 Å². The lowest BCUT2D eigenvalue weighted by Crippen LogP contribution is -2.31. The second-order valence-corrected chi connectivity index (χ2v) is 12.7. The van der Waals surface area contributed by atoms with Crippen molar-refractivity contribution in [2.45, 2.75) is 32.2 Å². The van der Waals surface area contributed by atoms with Crippen molar-refractivity contribution in [2.24, 2.45) is 0 Å². The maximum absolute atomic E-state index is 12.1. The summed E-state index contributed by atoms with van der Waals surface area (Å²) in [6.07, 6.45) is 1.04. The van der Waals surface area contributed by atoms with Gasteiger partial charge in [0.05, 0.1) is 137 Å². The molecule has 0 aliphatic rings. The van der Waals surface area contributed by atoms with Crippen LogP contribution in [0, 0.1) is 0 Å². The smallest absolute Gasteiger partial charge is 0.152 e. The molecule has 0 aromatic heterocycles. The van der Waals surface area contributed by atoms with Gasteiger partial charge in [0, 0.05) is 5.54 Å². The van der Waals surface area contributed by atoms with Crippen LogP contribution in [0.5, 0.6) is 0 Å². The summed E-state index contributed by atoms with van der Waals surface area (Å²) in [6.45, 7) is 11.4. The van der Waals surface area contributed by atoms with Crippen LogP contribution >= 0.6 is 23.6 Å². The highest BCUT2D eigenvalue weighted by Crippen LogP contribution is 2.25. The van der Waals surface area contributed by atoms with Gasteiger partial charge < -0.3 is 47.7 Å². The van der Waals surface area contributed by atoms with Crippen molar-refractivity contribution in [3.05, 3.63) is 0 Å². The zero-order chi connectivity index (χ0) is 31.2. The molecule has 0 aromatic rings. The Bertz CT molecular complexity index is 678. The highest BCUT2D eigenvalue weighted by molar-refractivity contribution is 7.91. The van der Waals surface area contributed by atoms with Crippen molar-refractivity contribution in [3.8, 4) is 0 Å². The SMILES string of the molecule is CC(C)(CCCS(=O)(=O)CCOCCOCCOCCOCCOCCOCCOCCOCCOCCO)N(Cl)Cl. The Labute approximate surface area is 262 Å². The Balaban J connectivity index is 3.25. The minimum Gasteiger partial charge on any atom is -0.394 e. The Morgan fingerprint density at radius 2 is 0.810 bits per heavy atom. The molecular weight excluding hydrogens is 621 g/mol. The molecule has 0 amide bonds. The molecule has 0 bridgehead atoms. The molecular formula is C26H53Cl2NO12S. The van der Waals surface area contributed by atoms with Gasteiger partial charge in [-0.25, -0.2) is 8.42 Å². The Morgan fingerprint density at radius 1 is 0.524 bits per heavy atom. The van der Waals surface area contributed by atoms with Gasteiger partial charge in [-0.3, -0.25) is 0 Å². The lowest BCUT2D eigenvalue weighted by molar-refractivity contribution is -0.0253. The zero-order valence-electron chi connectivity index (χ0n) is 25.3. The predicted molar refractivity (Wildman–Crippen MR) is 160 cm³/mol. The third kappa shape index (κ3) is 30.1. The molecule has 0 spiro atoms. The van der Waals surface area contributed by atoms with E-state index in [4.69, 9.17) is 71.3 Å². The van der Waals surface area contributed by atoms with Crippen molar-refractivity contribution >= 4 is 33.4 Å². The summed E-state index contributed by atoms with van der Waals surface area (Å²) in [4.78, 5) is 0. The van der Waals surface area contributed by atoms with Crippen LogP contribution < -0.4 is 0 Å². The first-order chi connectivity index (χ1) is 20.2. The van der Waals surface area contributed by atoms with Crippen LogP contribution in [0.1, 0.15) is 26.7 Å². The lowest BCUT2D eigenvalue weighted by atomic mass is 10.0. The second kappa shape index (κ2) is 29.8. The first-order valence-corrected chi connectivity index (χ1v) is 16.8. The molecule has 16 heteroatoms. The monoisotopic (exact) mass is 673 g/mol. The summed E-state index contributed by atoms with van der Waals surface area (Å²) < 4.78 is 73.5. The van der Waals surface area contributed by atoms with Gasteiger partial charge in [-0.15, -0.1) is 3.94 Å². The zero-order valence-corrected chi connectivity index (χ0v) is 27.6. The first-order valence-electron chi connectivity index (χ1n) is 14.3. The van der Waals surface area contributed by atoms with Crippen molar-refractivity contribution < 1.29 is 56.2 Å². The van der Waals surface area contributed by atoms with E-state index in [1.165, 1.54) is 0 Å². The Morgan fingerprint density at radius 3 is 1.10 bits per heavy atom. The van der Waals surface area contributed by atoms with Gasteiger partial charge in [-0.1, -0.05) is 0 Å². The Hall–Kier alpha value is 0.0900. The number of sulfone groups is 1. The summed E-state index contributed by atoms with van der Waals surface area (Å²) in [5, 5.41) is 8.57. The van der Waals surface area contributed by atoms with E-state index in [-0.39, 0.29) is 24.7 Å². The molecule has 1 N–H and O–H groups in total. The van der Waals surface area contributed by atoms with E-state index in [1.807, 2.05) is 13.8 Å². The lowest BCUT2D eigenvalue weighted by Gasteiger charge is -2.27. The van der Waals surface area contributed by atoms with Crippen LogP contribution in [0.3, 0.4) is 0 Å². The van der Waals surface area contributed by atoms with Crippen molar-refractivity contribution in [2.75, 3.05) is 137 Å². The highest BCUT2D eigenvalue weighted by Gasteiger charge is 2.25. The largest absolute Gasteiger partial charge is 0.394 e. The fourth-order valence-electron chi connectivity index (χ4n) is 3.02. The van der Waals surface area contributed by atoms with E-state index >= 15 is 0 Å². The molecule has 0 fully saturated rings. The summed E-state index contributed by atoms with van der Waals surface area (Å²) in [7, 11) is -3.19. The van der Waals surface area contributed by atoms with E-state index < -0.39 is 15.4 Å². The molecule has 42 heavy (non-hydrogen) atoms. The number of ether oxygens (including phenoxy) is 9. The molecule has 0 aliphatic heterocycles. The third-order valence-corrected chi connectivity index (χ3v) is 8.07. The van der Waals surface area contributed by atoms with Gasteiger partial charge in [-0.05, 0) is 50.2 Å². The number of hydrogen-bond donors (Lipinski definition) is 1. The molecule has 0 radical (unpaired) electrons. The van der Waals surface area contributed by atoms with Crippen LogP contribution in [0.2, 0.25) is 0 Å². The summed E-state index contributed by atoms with van der Waals surface area (Å²) >= 11 is 11.5. The molecule has 0 atom stereocenters. The minimum atomic E-state index is -3.19. The molecule has 0 heterocycles. The Kier molecular flexibility index (Phi) is 29.8. The number of halogens is 2. The summed E-state index contributed by atoms with van der Waals surface area (Å²) in [5.74, 6) is 0.0419. The molecule has 0 rings (SSSR count). The van der Waals surface area contributed by atoms with Crippen LogP contribution in [0.15, 0.2) is 0 Å². The van der Waals surface area contributed by atoms with Crippen molar-refractivity contribution in [3.63, 3.8) is 0 Å². The van der Waals surface area contributed by atoms with Crippen LogP contribution in [0.25, 0.3) is 0 Å². The second-order valence-electron chi connectivity index (χ2n) is 9.54. The molecule has 13 nitrogen and oxygen atoms in total. The molecule has 254 valence electrons. The average Bonchev–Trinajstić information content (AvgIpc) is 2.94. The highest BCUT2D eigenvalue weighted by atomic mass is 35.5. The molecule has 0 unspecified atom stereocenters. The number of aliphatic hydroxyl groups excluding tert-OH is 1. The third-order valence-electron chi connectivity index (χ3n) is 5.45. The fraction of sp³-hybridized carbons (Fsp3) is 1.00. The standard InChI is InChI=1S/C26H53Cl2NO12S/c1-26(2,29(27)28)4-3-24-42(31,32)25-23-41-22-21-40-20-19-39-18-17-38-16-15-37-14-13-36-12-11-35-10-9-34-8-7-33-6-5-30/h30H,3-25H2,1-2H3. The molecule has 0 saturated heterocycles. The summed E-state index contributed by atoms with van der Waals surface area (Å²) in [5.41, 5.74) is -0.483. The van der Waals surface area contributed by atoms with Gasteiger partial charge in [0.2, 0.25) is 0 Å². The van der Waals surface area contributed by atoms with Crippen LogP contribution in [0.4, 0.5) is 0 Å². The van der Waals surface area contributed by atoms with Crippen LogP contribution in [-0.4, -0.2) is 160 Å². The normalized spacial score (nSPS) is 12.5. The van der Waals surface area contributed by atoms with E-state index in [9.17, 15) is 8.42 Å². The number of aliphatic hydroxyl groups is 1. The fourth-order valence-corrected chi connectivity index (χ4v) is 4.35. The maximum atomic E-state index is 12.1. The molecule has 0 aliphatic carbocycles. The quantitative estimate of drug-likeness (QED) is 0.0783. The summed E-state index contributed by atoms with van der Waals surface area (Å²) in [6, 6.07) is 0. The number of nitrogens with zero attached hydrogens (tertiary/aromatic N) is 1. The van der Waals surface area contributed by atoms with E-state index in [1.54, 1.807) is 0 Å². The van der Waals surface area contributed by atoms with E-state index in [2.05, 4.69) is 0 Å². The molecule has 0 aromatic carbocycles. The van der Waals surface area contributed by atoms with Gasteiger partial charge in [0.1, 0.15) is 0 Å². The number of hydrogen-bond acceptors (Lipinski definition) is 13. The first kappa shape index (κ1) is 42.1. The average molecular weight is 675 g/mol. The molecule has 0 saturated carbocycles. The van der Waals surface area contributed by atoms with Crippen LogP contribution in [-0.2, 0) is 52.5 Å². The minimum absolute atomic E-state index is 0.0170. The van der Waals surface area contributed by atoms with Gasteiger partial charge in [-0.2, -0.15) is 0 Å². The maximum Gasteiger partial charge on any atom is 0.152 e. The van der Waals surface area contributed by atoms with Gasteiger partial charge in [0.15, 0.2) is 9.84 Å². The van der Waals surface area contributed by atoms with Crippen molar-refractivity contribution in [1.29, 1.82) is 0 Å². The predicted octanol–water partition coefficient (Wildman–Crippen LogP) is 1.71. The van der Waals surface area contributed by atoms with E-state index in [0.29, 0.717) is 125 Å². The number of rotatable bonds is 34. The van der Waals surface area contributed by atoms with Gasteiger partial charge in [0.25, 0.3) is 0 Å². The van der Waals surface area contributed by atoms with Gasteiger partial charge >= 0.3 is 0 Å².